The third kappa shape index (κ3) is 2.31. The number of hydrogen-bond acceptors (Lipinski definition) is 4. The smallest absolute Gasteiger partial charge is 0.233 e. The van der Waals surface area contributed by atoms with Gasteiger partial charge in [-0.2, -0.15) is 15.0 Å². The minimum Gasteiger partial charge on any atom is -0.307 e. The number of hydrogen-bond donors (Lipinski definition) is 0. The average Bonchev–Trinajstić information content (AvgIpc) is 3.81. The Labute approximate surface area is 315 Å². The Hall–Kier alpha value is -5.81. The lowest BCUT2D eigenvalue weighted by molar-refractivity contribution is 0.715. The van der Waals surface area contributed by atoms with Crippen molar-refractivity contribution in [3.05, 3.63) is 126 Å². The molecule has 6 heteroatoms. The van der Waals surface area contributed by atoms with E-state index in [1.54, 1.807) is 0 Å². The van der Waals surface area contributed by atoms with E-state index in [4.69, 9.17) is 39.7 Å². The molecule has 1 aromatic heterocycles. The Bertz CT molecular complexity index is 3900. The second-order valence-corrected chi connectivity index (χ2v) is 17.2. The fraction of sp³-hybridized carbons (Fsp3) is 0.104. The molecule has 2 heterocycles. The van der Waals surface area contributed by atoms with Crippen LogP contribution >= 0.6 is 23.2 Å². The van der Waals surface area contributed by atoms with Crippen LogP contribution in [0.25, 0.3) is 111 Å². The highest BCUT2D eigenvalue weighted by atomic mass is 35.5. The third-order valence-electron chi connectivity index (χ3n) is 14.6. The maximum atomic E-state index is 6.68. The van der Waals surface area contributed by atoms with Crippen LogP contribution < -0.4 is 15.3 Å². The molecule has 1 fully saturated rings. The predicted octanol–water partition coefficient (Wildman–Crippen LogP) is 10.2. The first kappa shape index (κ1) is 26.9. The number of aryl methyl sites for hydroxylation is 1. The topological polar surface area (TPSA) is 41.7 Å². The van der Waals surface area contributed by atoms with Crippen LogP contribution in [0.4, 0.5) is 5.95 Å². The van der Waals surface area contributed by atoms with E-state index in [1.165, 1.54) is 136 Å². The van der Waals surface area contributed by atoms with Crippen LogP contribution in [0.5, 0.6) is 0 Å². The Kier molecular flexibility index (Phi) is 3.84. The second kappa shape index (κ2) is 7.72. The molecule has 54 heavy (non-hydrogen) atoms. The van der Waals surface area contributed by atoms with Crippen molar-refractivity contribution in [2.45, 2.75) is 30.8 Å². The van der Waals surface area contributed by atoms with Crippen LogP contribution in [0, 0.1) is 6.92 Å². The summed E-state index contributed by atoms with van der Waals surface area (Å²) in [6, 6.07) is 19.0. The largest absolute Gasteiger partial charge is 0.307 e. The lowest BCUT2D eigenvalue weighted by Crippen LogP contribution is -2.32. The Morgan fingerprint density at radius 1 is 0.667 bits per heavy atom. The lowest BCUT2D eigenvalue weighted by Gasteiger charge is -2.40. The Balaban J connectivity index is 1.35. The first-order chi connectivity index (χ1) is 26.4. The summed E-state index contributed by atoms with van der Waals surface area (Å²) in [6.07, 6.45) is 13.9. The maximum Gasteiger partial charge on any atom is 0.233 e. The summed E-state index contributed by atoms with van der Waals surface area (Å²) in [4.78, 5) is 16.5. The van der Waals surface area contributed by atoms with Crippen molar-refractivity contribution in [2.75, 3.05) is 4.90 Å². The summed E-state index contributed by atoms with van der Waals surface area (Å²) in [6.45, 7) is 6.96. The van der Waals surface area contributed by atoms with E-state index < -0.39 is 11.1 Å². The highest BCUT2D eigenvalue weighted by molar-refractivity contribution is 6.49. The monoisotopic (exact) mass is 724 g/mol. The molecule has 2 atom stereocenters. The Morgan fingerprint density at radius 2 is 1.41 bits per heavy atom. The van der Waals surface area contributed by atoms with E-state index in [0.29, 0.717) is 5.95 Å². The fourth-order valence-electron chi connectivity index (χ4n) is 13.2. The highest BCUT2D eigenvalue weighted by Crippen LogP contribution is 2.79. The molecule has 1 spiro atoms. The summed E-state index contributed by atoms with van der Waals surface area (Å²) < 4.78 is 0. The van der Waals surface area contributed by atoms with Gasteiger partial charge in [-0.25, -0.2) is 0 Å². The summed E-state index contributed by atoms with van der Waals surface area (Å²) in [7, 11) is 0. The van der Waals surface area contributed by atoms with E-state index in [9.17, 15) is 0 Å². The quantitative estimate of drug-likeness (QED) is 0.0960. The number of rotatable bonds is 1. The van der Waals surface area contributed by atoms with E-state index >= 15 is 0 Å². The minimum atomic E-state index is -0.639. The molecular formula is C48H22Cl2N4. The molecule has 0 unspecified atom stereocenters. The van der Waals surface area contributed by atoms with Crippen molar-refractivity contribution in [3.63, 3.8) is 0 Å². The van der Waals surface area contributed by atoms with Gasteiger partial charge in [-0.15, -0.1) is 0 Å². The molecule has 248 valence electrons. The lowest BCUT2D eigenvalue weighted by atomic mass is 9.60. The van der Waals surface area contributed by atoms with Crippen molar-refractivity contribution in [2.24, 2.45) is 0 Å². The van der Waals surface area contributed by atoms with Gasteiger partial charge in [0, 0.05) is 11.1 Å². The van der Waals surface area contributed by atoms with Crippen molar-refractivity contribution in [1.29, 1.82) is 0 Å². The van der Waals surface area contributed by atoms with E-state index in [-0.39, 0.29) is 10.6 Å². The van der Waals surface area contributed by atoms with Crippen LogP contribution in [0.1, 0.15) is 44.5 Å². The summed E-state index contributed by atoms with van der Waals surface area (Å²) >= 11 is 13.4. The third-order valence-corrected chi connectivity index (χ3v) is 15.0. The van der Waals surface area contributed by atoms with Crippen LogP contribution in [0.2, 0.25) is 10.6 Å². The normalized spacial score (nSPS) is 21.6. The van der Waals surface area contributed by atoms with Crippen LogP contribution in [-0.4, -0.2) is 15.0 Å². The number of fused-ring (bicyclic) bond motifs is 1. The van der Waals surface area contributed by atoms with Gasteiger partial charge in [0.05, 0.1) is 0 Å². The molecule has 0 bridgehead atoms. The van der Waals surface area contributed by atoms with Crippen molar-refractivity contribution in [1.82, 2.24) is 15.0 Å². The zero-order valence-corrected chi connectivity index (χ0v) is 30.2. The van der Waals surface area contributed by atoms with Gasteiger partial charge in [0.15, 0.2) is 0 Å². The van der Waals surface area contributed by atoms with Crippen LogP contribution in [0.3, 0.4) is 0 Å². The first-order valence-electron chi connectivity index (χ1n) is 18.7. The van der Waals surface area contributed by atoms with E-state index in [2.05, 4.69) is 95.7 Å². The van der Waals surface area contributed by atoms with Crippen molar-refractivity contribution in [3.8, 4) is 0 Å². The molecule has 10 aromatic rings. The number of benzene rings is 9. The molecule has 6 aliphatic rings. The number of aromatic nitrogens is 3. The highest BCUT2D eigenvalue weighted by Gasteiger charge is 2.82. The molecule has 0 amide bonds. The number of nitrogens with zero attached hydrogens (tertiary/aromatic N) is 4. The summed E-state index contributed by atoms with van der Waals surface area (Å²) in [5, 5.41) is 24.3. The van der Waals surface area contributed by atoms with Gasteiger partial charge in [-0.05, 0) is 197 Å². The second-order valence-electron chi connectivity index (χ2n) is 16.5. The first-order valence-corrected chi connectivity index (χ1v) is 19.5. The standard InChI is InChI=1S/C48H22Cl2N4/c1-18-13-22-17-23-14-19(2)26-11-12-47-29-8-4-6-21-16-24-15-20-5-3-7-27-28-10-9-25(18)35-32(22)38-34(23)42(26)48(47,54(47)46-52-44(49)51-45(50)53-46)43-40(31(21)29)33(24)37(30(20)27)39(36(28)35)41(38)43/h3-6,8-9,11-17H,1,7,10H2,2H3/t47-,48+,54?/m1/s1. The molecule has 1 saturated heterocycles. The average molecular weight is 726 g/mol. The molecule has 9 aromatic carbocycles. The molecule has 5 aliphatic carbocycles. The van der Waals surface area contributed by atoms with Gasteiger partial charge in [0.2, 0.25) is 16.5 Å². The van der Waals surface area contributed by atoms with E-state index in [1.807, 2.05) is 0 Å². The molecular weight excluding hydrogens is 703 g/mol. The van der Waals surface area contributed by atoms with Gasteiger partial charge in [0.25, 0.3) is 0 Å². The Morgan fingerprint density at radius 3 is 2.30 bits per heavy atom. The van der Waals surface area contributed by atoms with Gasteiger partial charge in [-0.3, -0.25) is 0 Å². The molecule has 0 N–H and O–H groups in total. The summed E-state index contributed by atoms with van der Waals surface area (Å²) in [5.74, 6) is 0.504. The molecule has 0 saturated carbocycles. The van der Waals surface area contributed by atoms with Crippen molar-refractivity contribution >= 4 is 140 Å². The van der Waals surface area contributed by atoms with Crippen LogP contribution in [0.15, 0.2) is 60.7 Å². The number of halogens is 2. The molecule has 4 nitrogen and oxygen atoms in total. The molecule has 16 rings (SSSR count). The number of allylic oxidation sites excluding steroid dienone is 1. The number of anilines is 1. The van der Waals surface area contributed by atoms with Gasteiger partial charge in [-0.1, -0.05) is 61.2 Å². The molecule has 0 radical (unpaired) electrons. The predicted molar refractivity (Wildman–Crippen MR) is 223 cm³/mol. The zero-order chi connectivity index (χ0) is 35.0. The maximum absolute atomic E-state index is 6.68. The minimum absolute atomic E-state index is 0.0986. The van der Waals surface area contributed by atoms with E-state index in [0.717, 1.165) is 18.1 Å². The molecule has 1 aliphatic heterocycles. The van der Waals surface area contributed by atoms with Gasteiger partial charge in [0.1, 0.15) is 11.1 Å². The SMILES string of the molecule is C=c1cc2cc3cc(C)c4c5c3c3c6c7c8c9c(cccc9cc9cc%10c%11c(c%12c(c(c1=CC%12)c23)c6c%11c98)CC=C%10)[C@@]1(C=C4)N(c2nc(Cl)nc(Cl)n2)[C@@]571. The summed E-state index contributed by atoms with van der Waals surface area (Å²) in [5.41, 5.74) is 9.59. The zero-order valence-electron chi connectivity index (χ0n) is 28.7. The van der Waals surface area contributed by atoms with Gasteiger partial charge < -0.3 is 4.90 Å². The fourth-order valence-corrected chi connectivity index (χ4v) is 13.6. The van der Waals surface area contributed by atoms with Crippen molar-refractivity contribution < 1.29 is 0 Å². The van der Waals surface area contributed by atoms with Gasteiger partial charge >= 0.3 is 0 Å². The van der Waals surface area contributed by atoms with Crippen LogP contribution in [-0.2, 0) is 23.9 Å².